The van der Waals surface area contributed by atoms with Gasteiger partial charge in [0.2, 0.25) is 0 Å². The molecule has 0 aliphatic heterocycles. The summed E-state index contributed by atoms with van der Waals surface area (Å²) in [5.74, 6) is -0.511. The average Bonchev–Trinajstić information content (AvgIpc) is 3.41. The SMILES string of the molecule is CC(C)c1ccnc(-c2[c-]cc(F)c3c2sc2ccccc23)c1.[2H]C([2H])([2H])c1c[c-]c(-c2cc(C([2H])(C)C)c([Si](C)(C)C)cn2)cc1.[Ir]. The molecule has 0 amide bonds. The van der Waals surface area contributed by atoms with Gasteiger partial charge in [0, 0.05) is 48.5 Å². The van der Waals surface area contributed by atoms with Crippen molar-refractivity contribution < 1.29 is 30.0 Å². The summed E-state index contributed by atoms with van der Waals surface area (Å²) >= 11 is 1.60. The molecule has 0 aliphatic rings. The number of pyridine rings is 2. The number of benzene rings is 3. The number of fused-ring (bicyclic) bond motifs is 3. The van der Waals surface area contributed by atoms with E-state index in [4.69, 9.17) is 5.48 Å². The summed E-state index contributed by atoms with van der Waals surface area (Å²) in [5.41, 5.74) is 5.69. The van der Waals surface area contributed by atoms with Crippen molar-refractivity contribution >= 4 is 44.8 Å². The fourth-order valence-corrected chi connectivity index (χ4v) is 7.87. The van der Waals surface area contributed by atoms with Crippen molar-refractivity contribution in [3.05, 3.63) is 114 Å². The molecule has 0 bridgehead atoms. The van der Waals surface area contributed by atoms with Crippen LogP contribution in [0.15, 0.2) is 79.1 Å². The molecule has 6 rings (SSSR count). The zero-order valence-electron chi connectivity index (χ0n) is 30.1. The molecule has 229 valence electrons. The van der Waals surface area contributed by atoms with Crippen LogP contribution in [-0.2, 0) is 20.1 Å². The number of aryl methyl sites for hydroxylation is 1. The van der Waals surface area contributed by atoms with Crippen molar-refractivity contribution in [2.24, 2.45) is 0 Å². The number of aromatic nitrogens is 2. The second kappa shape index (κ2) is 14.0. The molecule has 0 spiro atoms. The van der Waals surface area contributed by atoms with E-state index >= 15 is 0 Å². The van der Waals surface area contributed by atoms with Gasteiger partial charge in [0.25, 0.3) is 0 Å². The Labute approximate surface area is 285 Å². The first-order valence-electron chi connectivity index (χ1n) is 16.5. The van der Waals surface area contributed by atoms with Gasteiger partial charge >= 0.3 is 0 Å². The van der Waals surface area contributed by atoms with E-state index < -0.39 is 20.8 Å². The van der Waals surface area contributed by atoms with Crippen LogP contribution in [0.1, 0.15) is 61.7 Å². The maximum absolute atomic E-state index is 14.4. The minimum Gasteiger partial charge on any atom is -0.305 e. The number of nitrogens with zero attached hydrogens (tertiary/aromatic N) is 2. The summed E-state index contributed by atoms with van der Waals surface area (Å²) in [6.07, 6.45) is 3.71. The number of halogens is 1. The van der Waals surface area contributed by atoms with Crippen LogP contribution in [-0.4, -0.2) is 18.0 Å². The number of rotatable bonds is 5. The summed E-state index contributed by atoms with van der Waals surface area (Å²) in [6, 6.07) is 26.4. The van der Waals surface area contributed by atoms with Gasteiger partial charge in [-0.25, -0.2) is 0 Å². The van der Waals surface area contributed by atoms with Crippen molar-refractivity contribution in [3.8, 4) is 22.5 Å². The monoisotopic (exact) mass is 799 g/mol. The third kappa shape index (κ3) is 7.26. The molecule has 3 aromatic carbocycles. The molecule has 0 aliphatic carbocycles. The van der Waals surface area contributed by atoms with Crippen LogP contribution in [0, 0.1) is 24.8 Å². The molecule has 3 heterocycles. The van der Waals surface area contributed by atoms with Gasteiger partial charge in [-0.05, 0) is 56.0 Å². The molecule has 3 aromatic heterocycles. The third-order valence-corrected chi connectivity index (χ3v) is 10.7. The van der Waals surface area contributed by atoms with E-state index in [0.717, 1.165) is 42.9 Å². The van der Waals surface area contributed by atoms with Gasteiger partial charge in [0.1, 0.15) is 0 Å². The zero-order chi connectivity index (χ0) is 34.3. The van der Waals surface area contributed by atoms with Gasteiger partial charge in [-0.1, -0.05) is 95.6 Å². The molecule has 6 aromatic rings. The maximum Gasteiger partial charge on any atom is 0.0799 e. The van der Waals surface area contributed by atoms with Gasteiger partial charge in [0.05, 0.1) is 8.07 Å². The van der Waals surface area contributed by atoms with E-state index in [1.165, 1.54) is 22.9 Å². The predicted octanol–water partition coefficient (Wildman–Crippen LogP) is 10.7. The van der Waals surface area contributed by atoms with Crippen LogP contribution in [0.4, 0.5) is 4.39 Å². The standard InChI is InChI=1S/C20H15FNS.C18H24NSi.Ir/c1-12(2)13-9-10-22-17(11-13)14-7-8-16(21)19-15-5-3-4-6-18(15)23-20(14)19;1-13(2)16-11-17(15-9-7-14(3)8-10-15)19-12-18(16)20(4,5)6;/h3-6,8-12H,1-2H3;7-9,11-13H,1-6H3;/q2*-1;/i;3D3,13D;. The summed E-state index contributed by atoms with van der Waals surface area (Å²) in [4.78, 5) is 9.06. The van der Waals surface area contributed by atoms with Gasteiger partial charge in [-0.3, -0.25) is 4.39 Å². The molecule has 44 heavy (non-hydrogen) atoms. The zero-order valence-corrected chi connectivity index (χ0v) is 30.3. The van der Waals surface area contributed by atoms with E-state index in [2.05, 4.69) is 61.7 Å². The normalized spacial score (nSPS) is 13.4. The van der Waals surface area contributed by atoms with E-state index in [9.17, 15) is 4.39 Å². The van der Waals surface area contributed by atoms with Crippen LogP contribution in [0.25, 0.3) is 42.7 Å². The number of hydrogen-bond donors (Lipinski definition) is 0. The molecular formula is C38H39FIrN2SSi-2. The molecule has 0 saturated carbocycles. The topological polar surface area (TPSA) is 25.8 Å². The van der Waals surface area contributed by atoms with Crippen molar-refractivity contribution in [2.75, 3.05) is 0 Å². The summed E-state index contributed by atoms with van der Waals surface area (Å²) in [7, 11) is -1.61. The van der Waals surface area contributed by atoms with Crippen LogP contribution < -0.4 is 5.19 Å². The molecule has 0 saturated heterocycles. The molecule has 0 atom stereocenters. The molecule has 1 radical (unpaired) electrons. The van der Waals surface area contributed by atoms with Crippen molar-refractivity contribution in [1.29, 1.82) is 0 Å². The third-order valence-electron chi connectivity index (χ3n) is 7.45. The summed E-state index contributed by atoms with van der Waals surface area (Å²) in [5, 5.41) is 2.82. The van der Waals surface area contributed by atoms with Gasteiger partial charge in [-0.15, -0.1) is 53.1 Å². The van der Waals surface area contributed by atoms with Crippen LogP contribution >= 0.6 is 11.3 Å². The minimum absolute atomic E-state index is 0. The molecule has 0 N–H and O–H groups in total. The van der Waals surface area contributed by atoms with Crippen LogP contribution in [0.3, 0.4) is 0 Å². The largest absolute Gasteiger partial charge is 0.305 e. The minimum atomic E-state index is -2.13. The average molecular weight is 799 g/mol. The number of thiophene rings is 1. The van der Waals surface area contributed by atoms with Gasteiger partial charge in [-0.2, -0.15) is 11.3 Å². The molecule has 2 nitrogen and oxygen atoms in total. The van der Waals surface area contributed by atoms with Crippen LogP contribution in [0.2, 0.25) is 19.6 Å². The Morgan fingerprint density at radius 1 is 0.932 bits per heavy atom. The van der Waals surface area contributed by atoms with E-state index in [0.29, 0.717) is 11.3 Å². The van der Waals surface area contributed by atoms with E-state index in [1.807, 2.05) is 62.6 Å². The Kier molecular flexibility index (Phi) is 9.02. The summed E-state index contributed by atoms with van der Waals surface area (Å²) in [6.45, 7) is 12.7. The van der Waals surface area contributed by atoms with E-state index in [-0.39, 0.29) is 31.5 Å². The first kappa shape index (κ1) is 28.5. The number of hydrogen-bond acceptors (Lipinski definition) is 3. The molecule has 0 fully saturated rings. The Hall–Kier alpha value is -3.02. The molecular weight excluding hydrogens is 756 g/mol. The van der Waals surface area contributed by atoms with Gasteiger partial charge < -0.3 is 9.97 Å². The smallest absolute Gasteiger partial charge is 0.0799 e. The first-order valence-corrected chi connectivity index (χ1v) is 18.8. The fourth-order valence-electron chi connectivity index (χ4n) is 5.06. The second-order valence-corrected chi connectivity index (χ2v) is 18.4. The van der Waals surface area contributed by atoms with E-state index in [1.54, 1.807) is 23.5 Å². The Bertz CT molecular complexity index is 2050. The Morgan fingerprint density at radius 2 is 1.70 bits per heavy atom. The molecule has 6 heteroatoms. The first-order chi connectivity index (χ1) is 21.9. The van der Waals surface area contributed by atoms with Crippen molar-refractivity contribution in [1.82, 2.24) is 9.97 Å². The van der Waals surface area contributed by atoms with Crippen molar-refractivity contribution in [3.63, 3.8) is 0 Å². The molecule has 0 unspecified atom stereocenters. The van der Waals surface area contributed by atoms with Gasteiger partial charge in [0.15, 0.2) is 0 Å². The predicted molar refractivity (Wildman–Crippen MR) is 186 cm³/mol. The maximum atomic E-state index is 14.4. The summed E-state index contributed by atoms with van der Waals surface area (Å²) < 4.78 is 47.2. The quantitative estimate of drug-likeness (QED) is 0.128. The second-order valence-electron chi connectivity index (χ2n) is 12.3. The Morgan fingerprint density at radius 3 is 2.36 bits per heavy atom. The Balaban J connectivity index is 0.000000212. The van der Waals surface area contributed by atoms with Crippen molar-refractivity contribution in [2.45, 2.75) is 66.0 Å². The fraction of sp³-hybridized carbons (Fsp3) is 0.263. The van der Waals surface area contributed by atoms with Crippen LogP contribution in [0.5, 0.6) is 0 Å².